The number of hydrogen-bond donors (Lipinski definition) is 0. The Hall–Kier alpha value is -0.0151. The molecule has 3 heteroatoms. The van der Waals surface area contributed by atoms with Gasteiger partial charge in [0.25, 0.3) is 0 Å². The third kappa shape index (κ3) is 2.25. The van der Waals surface area contributed by atoms with Crippen LogP contribution in [0.3, 0.4) is 0 Å². The second-order valence-electron chi connectivity index (χ2n) is 8.27. The summed E-state index contributed by atoms with van der Waals surface area (Å²) in [6, 6.07) is 0.742. The van der Waals surface area contributed by atoms with Crippen LogP contribution in [0.1, 0.15) is 67.2 Å². The summed E-state index contributed by atoms with van der Waals surface area (Å²) < 4.78 is 6.49. The van der Waals surface area contributed by atoms with Crippen LogP contribution in [0.5, 0.6) is 0 Å². The molecule has 18 heavy (non-hydrogen) atoms. The molecule has 0 spiro atoms. The van der Waals surface area contributed by atoms with E-state index in [0.717, 1.165) is 13.7 Å². The monoisotopic (exact) mass is 251 g/mol. The minimum atomic E-state index is -0.00148. The zero-order chi connectivity index (χ0) is 13.6. The molecule has 2 nitrogen and oxygen atoms in total. The fourth-order valence-electron chi connectivity index (χ4n) is 4.22. The lowest BCUT2D eigenvalue weighted by molar-refractivity contribution is -0.154. The van der Waals surface area contributed by atoms with Gasteiger partial charge in [0, 0.05) is 6.04 Å². The maximum atomic E-state index is 6.49. The molecule has 2 rings (SSSR count). The van der Waals surface area contributed by atoms with Crippen molar-refractivity contribution >= 4 is 7.62 Å². The summed E-state index contributed by atoms with van der Waals surface area (Å²) in [5, 5.41) is 0. The molecule has 1 atom stereocenters. The molecular formula is C15H30BNO. The van der Waals surface area contributed by atoms with Crippen LogP contribution in [0.15, 0.2) is 0 Å². The van der Waals surface area contributed by atoms with Gasteiger partial charge in [-0.1, -0.05) is 48.0 Å². The molecule has 2 aliphatic rings. The van der Waals surface area contributed by atoms with Crippen LogP contribution in [-0.2, 0) is 4.65 Å². The summed E-state index contributed by atoms with van der Waals surface area (Å²) in [7, 11) is 0.833. The number of rotatable bonds is 0. The first-order chi connectivity index (χ1) is 8.17. The van der Waals surface area contributed by atoms with Crippen molar-refractivity contribution in [2.75, 3.05) is 6.54 Å². The van der Waals surface area contributed by atoms with Crippen LogP contribution >= 0.6 is 0 Å². The summed E-state index contributed by atoms with van der Waals surface area (Å²) in [4.78, 5) is 2.55. The highest BCUT2D eigenvalue weighted by molar-refractivity contribution is 6.24. The highest BCUT2D eigenvalue weighted by atomic mass is 16.5. The average molecular weight is 251 g/mol. The first-order valence-electron chi connectivity index (χ1n) is 7.55. The molecular weight excluding hydrogens is 221 g/mol. The smallest absolute Gasteiger partial charge is 0.364 e. The first kappa shape index (κ1) is 14.4. The van der Waals surface area contributed by atoms with Gasteiger partial charge in [0.2, 0.25) is 0 Å². The summed E-state index contributed by atoms with van der Waals surface area (Å²) in [5.41, 5.74) is 0.377. The Morgan fingerprint density at radius 1 is 1.06 bits per heavy atom. The minimum Gasteiger partial charge on any atom is -0.417 e. The van der Waals surface area contributed by atoms with Gasteiger partial charge in [-0.25, -0.2) is 0 Å². The lowest BCUT2D eigenvalue weighted by Gasteiger charge is -2.60. The summed E-state index contributed by atoms with van der Waals surface area (Å²) in [6.07, 6.45) is 5.29. The first-order valence-corrected chi connectivity index (χ1v) is 7.55. The van der Waals surface area contributed by atoms with E-state index in [4.69, 9.17) is 4.65 Å². The second-order valence-corrected chi connectivity index (χ2v) is 8.27. The molecule has 0 aliphatic carbocycles. The standard InChI is InChI=1S/C15H30BNO/c1-13(2,3)15(14(4,5)6)11-12-9-7-8-10-17(12)16-18-15/h12,16H,7-11H2,1-6H3. The van der Waals surface area contributed by atoms with E-state index < -0.39 is 0 Å². The normalized spacial score (nSPS) is 29.6. The molecule has 0 aromatic heterocycles. The lowest BCUT2D eigenvalue weighted by Crippen LogP contribution is -2.65. The zero-order valence-corrected chi connectivity index (χ0v) is 13.2. The van der Waals surface area contributed by atoms with Gasteiger partial charge in [0.05, 0.1) is 5.60 Å². The van der Waals surface area contributed by atoms with Crippen LogP contribution in [0.25, 0.3) is 0 Å². The molecule has 0 aromatic carbocycles. The molecule has 0 bridgehead atoms. The maximum absolute atomic E-state index is 6.49. The van der Waals surface area contributed by atoms with Gasteiger partial charge in [-0.3, -0.25) is 0 Å². The van der Waals surface area contributed by atoms with E-state index in [1.807, 2.05) is 0 Å². The quantitative estimate of drug-likeness (QED) is 0.612. The van der Waals surface area contributed by atoms with Crippen LogP contribution in [-0.4, -0.2) is 30.6 Å². The summed E-state index contributed by atoms with van der Waals surface area (Å²) in [5.74, 6) is 0. The van der Waals surface area contributed by atoms with Gasteiger partial charge < -0.3 is 9.47 Å². The van der Waals surface area contributed by atoms with E-state index in [0.29, 0.717) is 0 Å². The molecule has 2 saturated heterocycles. The van der Waals surface area contributed by atoms with E-state index in [9.17, 15) is 0 Å². The highest BCUT2D eigenvalue weighted by Gasteiger charge is 2.55. The molecule has 104 valence electrons. The van der Waals surface area contributed by atoms with Crippen LogP contribution < -0.4 is 0 Å². The number of piperidine rings is 1. The summed E-state index contributed by atoms with van der Waals surface area (Å²) >= 11 is 0. The van der Waals surface area contributed by atoms with Crippen LogP contribution in [0, 0.1) is 10.8 Å². The van der Waals surface area contributed by atoms with Crippen LogP contribution in [0.2, 0.25) is 0 Å². The Balaban J connectivity index is 2.27. The molecule has 0 N–H and O–H groups in total. The van der Waals surface area contributed by atoms with Crippen molar-refractivity contribution in [3.05, 3.63) is 0 Å². The molecule has 0 radical (unpaired) electrons. The van der Waals surface area contributed by atoms with Gasteiger partial charge in [0.15, 0.2) is 0 Å². The van der Waals surface area contributed by atoms with Crippen molar-refractivity contribution in [3.8, 4) is 0 Å². The topological polar surface area (TPSA) is 12.5 Å². The number of fused-ring (bicyclic) bond motifs is 1. The van der Waals surface area contributed by atoms with E-state index in [1.165, 1.54) is 32.2 Å². The van der Waals surface area contributed by atoms with Crippen molar-refractivity contribution in [2.24, 2.45) is 10.8 Å². The van der Waals surface area contributed by atoms with Gasteiger partial charge in [-0.2, -0.15) is 0 Å². The zero-order valence-electron chi connectivity index (χ0n) is 13.2. The van der Waals surface area contributed by atoms with Gasteiger partial charge in [-0.05, 0) is 36.6 Å². The van der Waals surface area contributed by atoms with Gasteiger partial charge in [0.1, 0.15) is 0 Å². The van der Waals surface area contributed by atoms with Crippen molar-refractivity contribution in [3.63, 3.8) is 0 Å². The number of nitrogens with zero attached hydrogens (tertiary/aromatic N) is 1. The average Bonchev–Trinajstić information content (AvgIpc) is 2.25. The fourth-order valence-corrected chi connectivity index (χ4v) is 4.22. The minimum absolute atomic E-state index is 0.00148. The van der Waals surface area contributed by atoms with E-state index in [2.05, 4.69) is 46.4 Å². The lowest BCUT2D eigenvalue weighted by atomic mass is 9.57. The van der Waals surface area contributed by atoms with Gasteiger partial charge in [-0.15, -0.1) is 0 Å². The Bertz CT molecular complexity index is 289. The van der Waals surface area contributed by atoms with Crippen LogP contribution in [0.4, 0.5) is 0 Å². The Morgan fingerprint density at radius 3 is 2.22 bits per heavy atom. The predicted molar refractivity (Wildman–Crippen MR) is 78.8 cm³/mol. The maximum Gasteiger partial charge on any atom is 0.364 e. The molecule has 0 amide bonds. The molecule has 0 saturated carbocycles. The molecule has 2 aliphatic heterocycles. The summed E-state index contributed by atoms with van der Waals surface area (Å²) in [6.45, 7) is 15.3. The van der Waals surface area contributed by atoms with Crippen molar-refractivity contribution in [2.45, 2.75) is 78.9 Å². The van der Waals surface area contributed by atoms with Crippen molar-refractivity contribution in [1.29, 1.82) is 0 Å². The predicted octanol–water partition coefficient (Wildman–Crippen LogP) is 3.36. The van der Waals surface area contributed by atoms with Crippen molar-refractivity contribution in [1.82, 2.24) is 4.81 Å². The highest BCUT2D eigenvalue weighted by Crippen LogP contribution is 2.52. The third-order valence-electron chi connectivity index (χ3n) is 5.17. The molecule has 1 unspecified atom stereocenters. The fraction of sp³-hybridized carbons (Fsp3) is 1.00. The van der Waals surface area contributed by atoms with E-state index in [1.54, 1.807) is 0 Å². The SMILES string of the molecule is CC(C)(C)C1(C(C)(C)C)CC2CCCCN2BO1. The number of hydrogen-bond acceptors (Lipinski definition) is 2. The Labute approximate surface area is 114 Å². The largest absolute Gasteiger partial charge is 0.417 e. The third-order valence-corrected chi connectivity index (χ3v) is 5.17. The van der Waals surface area contributed by atoms with Crippen molar-refractivity contribution < 1.29 is 4.65 Å². The molecule has 0 aromatic rings. The van der Waals surface area contributed by atoms with Gasteiger partial charge >= 0.3 is 7.62 Å². The molecule has 2 fully saturated rings. The molecule has 2 heterocycles. The Kier molecular flexibility index (Phi) is 3.62. The Morgan fingerprint density at radius 2 is 1.67 bits per heavy atom. The van der Waals surface area contributed by atoms with E-state index >= 15 is 0 Å². The second kappa shape index (κ2) is 4.52. The van der Waals surface area contributed by atoms with E-state index in [-0.39, 0.29) is 16.4 Å².